The van der Waals surface area contributed by atoms with E-state index in [1.165, 1.54) is 4.31 Å². The number of carbonyl (C=O) groups is 2. The van der Waals surface area contributed by atoms with Gasteiger partial charge in [-0.3, -0.25) is 13.9 Å². The summed E-state index contributed by atoms with van der Waals surface area (Å²) < 4.78 is 26.5. The highest BCUT2D eigenvalue weighted by molar-refractivity contribution is 7.92. The van der Waals surface area contributed by atoms with Crippen molar-refractivity contribution >= 4 is 39.1 Å². The molecule has 0 aromatic heterocycles. The summed E-state index contributed by atoms with van der Waals surface area (Å²) in [6.07, 6.45) is 2.80. The Kier molecular flexibility index (Phi) is 11.4. The summed E-state index contributed by atoms with van der Waals surface area (Å²) in [5.74, 6) is -0.364. The van der Waals surface area contributed by atoms with E-state index in [1.54, 1.807) is 30.0 Å². The molecular formula is C28H40ClN3O4S. The van der Waals surface area contributed by atoms with Gasteiger partial charge in [0, 0.05) is 30.6 Å². The lowest BCUT2D eigenvalue weighted by Gasteiger charge is -2.32. The highest BCUT2D eigenvalue weighted by atomic mass is 35.5. The van der Waals surface area contributed by atoms with Crippen molar-refractivity contribution in [2.75, 3.05) is 17.1 Å². The van der Waals surface area contributed by atoms with Crippen LogP contribution in [0.2, 0.25) is 5.02 Å². The van der Waals surface area contributed by atoms with Crippen molar-refractivity contribution in [2.45, 2.75) is 78.9 Å². The average Bonchev–Trinajstić information content (AvgIpc) is 2.84. The van der Waals surface area contributed by atoms with Crippen LogP contribution in [0.25, 0.3) is 0 Å². The van der Waals surface area contributed by atoms with Gasteiger partial charge in [-0.25, -0.2) is 8.42 Å². The second kappa shape index (κ2) is 13.8. The molecule has 9 heteroatoms. The van der Waals surface area contributed by atoms with Crippen LogP contribution in [0.1, 0.15) is 63.1 Å². The van der Waals surface area contributed by atoms with Crippen molar-refractivity contribution in [3.63, 3.8) is 0 Å². The van der Waals surface area contributed by atoms with Crippen LogP contribution in [-0.4, -0.2) is 50.0 Å². The minimum absolute atomic E-state index is 0.00113. The van der Waals surface area contributed by atoms with Crippen LogP contribution in [0, 0.1) is 13.8 Å². The second-order valence-corrected chi connectivity index (χ2v) is 11.8. The Morgan fingerprint density at radius 2 is 1.70 bits per heavy atom. The van der Waals surface area contributed by atoms with Crippen molar-refractivity contribution in [2.24, 2.45) is 0 Å². The molecule has 0 spiro atoms. The molecule has 0 radical (unpaired) electrons. The maximum Gasteiger partial charge on any atom is 0.243 e. The molecule has 0 fully saturated rings. The van der Waals surface area contributed by atoms with Crippen molar-refractivity contribution in [3.8, 4) is 0 Å². The number of benzene rings is 2. The standard InChI is InChI=1S/C28H40ClN3O4S/c1-7-21(4)30-28(34)25(8-2)31(19-23-14-10-9-13-20(23)3)27(33)17-12-18-32(37(6,35)36)26-16-11-15-24(29)22(26)5/h9-11,13-16,21,25H,7-8,12,17-19H2,1-6H3,(H,30,34)/t21-,25+/m0/s1. The molecule has 2 rings (SSSR count). The van der Waals surface area contributed by atoms with Gasteiger partial charge in [0.05, 0.1) is 11.9 Å². The minimum Gasteiger partial charge on any atom is -0.352 e. The number of hydrogen-bond donors (Lipinski definition) is 1. The third-order valence-electron chi connectivity index (χ3n) is 6.65. The van der Waals surface area contributed by atoms with Crippen LogP contribution >= 0.6 is 11.6 Å². The summed E-state index contributed by atoms with van der Waals surface area (Å²) in [6.45, 7) is 10.0. The Morgan fingerprint density at radius 3 is 2.30 bits per heavy atom. The van der Waals surface area contributed by atoms with E-state index in [9.17, 15) is 18.0 Å². The molecule has 2 aromatic rings. The van der Waals surface area contributed by atoms with Crippen molar-refractivity contribution in [3.05, 3.63) is 64.2 Å². The first kappa shape index (κ1) is 30.6. The first-order valence-corrected chi connectivity index (χ1v) is 15.0. The number of amides is 2. The number of carbonyl (C=O) groups excluding carboxylic acids is 2. The van der Waals surface area contributed by atoms with Crippen molar-refractivity contribution < 1.29 is 18.0 Å². The average molecular weight is 550 g/mol. The molecule has 0 unspecified atom stereocenters. The fourth-order valence-corrected chi connectivity index (χ4v) is 5.37. The predicted octanol–water partition coefficient (Wildman–Crippen LogP) is 5.23. The smallest absolute Gasteiger partial charge is 0.243 e. The zero-order chi connectivity index (χ0) is 27.8. The summed E-state index contributed by atoms with van der Waals surface area (Å²) in [6, 6.07) is 12.3. The minimum atomic E-state index is -3.59. The summed E-state index contributed by atoms with van der Waals surface area (Å²) >= 11 is 6.23. The number of nitrogens with zero attached hydrogens (tertiary/aromatic N) is 2. The first-order chi connectivity index (χ1) is 17.4. The normalized spacial score (nSPS) is 13.1. The molecule has 0 aliphatic rings. The van der Waals surface area contributed by atoms with Crippen LogP contribution in [0.15, 0.2) is 42.5 Å². The van der Waals surface area contributed by atoms with Crippen molar-refractivity contribution in [1.29, 1.82) is 0 Å². The third-order valence-corrected chi connectivity index (χ3v) is 8.24. The third kappa shape index (κ3) is 8.47. The van der Waals surface area contributed by atoms with Gasteiger partial charge in [-0.05, 0) is 68.9 Å². The molecule has 2 atom stereocenters. The lowest BCUT2D eigenvalue weighted by molar-refractivity contribution is -0.141. The molecule has 0 saturated carbocycles. The van der Waals surface area contributed by atoms with Gasteiger partial charge in [-0.1, -0.05) is 55.8 Å². The number of halogens is 1. The fraction of sp³-hybridized carbons (Fsp3) is 0.500. The molecular weight excluding hydrogens is 510 g/mol. The van der Waals surface area contributed by atoms with Gasteiger partial charge in [0.15, 0.2) is 0 Å². The Balaban J connectivity index is 2.27. The molecule has 0 aliphatic heterocycles. The zero-order valence-corrected chi connectivity index (χ0v) is 24.3. The highest BCUT2D eigenvalue weighted by Crippen LogP contribution is 2.28. The second-order valence-electron chi connectivity index (χ2n) is 9.51. The van der Waals surface area contributed by atoms with Crippen LogP contribution in [0.5, 0.6) is 0 Å². The quantitative estimate of drug-likeness (QED) is 0.371. The molecule has 0 aliphatic carbocycles. The summed E-state index contributed by atoms with van der Waals surface area (Å²) in [5.41, 5.74) is 3.17. The molecule has 0 bridgehead atoms. The van der Waals surface area contributed by atoms with Crippen molar-refractivity contribution in [1.82, 2.24) is 10.2 Å². The molecule has 2 aromatic carbocycles. The predicted molar refractivity (Wildman–Crippen MR) is 151 cm³/mol. The van der Waals surface area contributed by atoms with E-state index in [0.717, 1.165) is 23.8 Å². The van der Waals surface area contributed by atoms with E-state index < -0.39 is 16.1 Å². The van der Waals surface area contributed by atoms with Gasteiger partial charge >= 0.3 is 0 Å². The molecule has 1 N–H and O–H groups in total. The first-order valence-electron chi connectivity index (χ1n) is 12.8. The number of rotatable bonds is 13. The number of anilines is 1. The maximum atomic E-state index is 13.6. The summed E-state index contributed by atoms with van der Waals surface area (Å²) in [5, 5.41) is 3.49. The molecule has 0 saturated heterocycles. The highest BCUT2D eigenvalue weighted by Gasteiger charge is 2.30. The van der Waals surface area contributed by atoms with E-state index in [1.807, 2.05) is 52.0 Å². The molecule has 7 nitrogen and oxygen atoms in total. The topological polar surface area (TPSA) is 86.8 Å². The van der Waals surface area contributed by atoms with E-state index in [4.69, 9.17) is 11.6 Å². The SMILES string of the molecule is CC[C@H](C(=O)N[C@@H](C)CC)N(Cc1ccccc1C)C(=O)CCCN(c1cccc(Cl)c1C)S(C)(=O)=O. The van der Waals surface area contributed by atoms with Gasteiger partial charge < -0.3 is 10.2 Å². The molecule has 37 heavy (non-hydrogen) atoms. The van der Waals surface area contributed by atoms with Gasteiger partial charge in [-0.2, -0.15) is 0 Å². The Labute approximate surface area is 227 Å². The number of hydrogen-bond acceptors (Lipinski definition) is 4. The fourth-order valence-electron chi connectivity index (χ4n) is 4.18. The van der Waals surface area contributed by atoms with Crippen LogP contribution in [0.3, 0.4) is 0 Å². The monoisotopic (exact) mass is 549 g/mol. The van der Waals surface area contributed by atoms with Crippen LogP contribution in [0.4, 0.5) is 5.69 Å². The number of sulfonamides is 1. The zero-order valence-electron chi connectivity index (χ0n) is 22.8. The van der Waals surface area contributed by atoms with Gasteiger partial charge in [0.25, 0.3) is 0 Å². The van der Waals surface area contributed by atoms with Crippen LogP contribution < -0.4 is 9.62 Å². The van der Waals surface area contributed by atoms with Gasteiger partial charge in [-0.15, -0.1) is 0 Å². The number of nitrogens with one attached hydrogen (secondary N) is 1. The van der Waals surface area contributed by atoms with E-state index in [-0.39, 0.29) is 30.8 Å². The Morgan fingerprint density at radius 1 is 1.03 bits per heavy atom. The van der Waals surface area contributed by atoms with Gasteiger partial charge in [0.2, 0.25) is 21.8 Å². The lowest BCUT2D eigenvalue weighted by Crippen LogP contribution is -2.50. The van der Waals surface area contributed by atoms with Crippen LogP contribution in [-0.2, 0) is 26.2 Å². The Bertz CT molecular complexity index is 1190. The number of aryl methyl sites for hydroxylation is 1. The van der Waals surface area contributed by atoms with E-state index in [0.29, 0.717) is 35.7 Å². The molecule has 0 heterocycles. The summed E-state index contributed by atoms with van der Waals surface area (Å²) in [4.78, 5) is 28.3. The Hall–Kier alpha value is -2.58. The van der Waals surface area contributed by atoms with E-state index in [2.05, 4.69) is 5.32 Å². The molecule has 2 amide bonds. The van der Waals surface area contributed by atoms with E-state index >= 15 is 0 Å². The molecule has 204 valence electrons. The maximum absolute atomic E-state index is 13.6. The lowest BCUT2D eigenvalue weighted by atomic mass is 10.0. The largest absolute Gasteiger partial charge is 0.352 e. The summed E-state index contributed by atoms with van der Waals surface area (Å²) in [7, 11) is -3.59. The van der Waals surface area contributed by atoms with Gasteiger partial charge in [0.1, 0.15) is 6.04 Å².